The van der Waals surface area contributed by atoms with Gasteiger partial charge in [0.15, 0.2) is 6.10 Å². The van der Waals surface area contributed by atoms with Gasteiger partial charge >= 0.3 is 0 Å². The van der Waals surface area contributed by atoms with Gasteiger partial charge in [0.2, 0.25) is 0 Å². The molecule has 1 amide bonds. The van der Waals surface area contributed by atoms with Gasteiger partial charge in [-0.05, 0) is 43.3 Å². The number of anilines is 2. The number of ether oxygens (including phenoxy) is 1. The Kier molecular flexibility index (Phi) is 6.14. The fraction of sp³-hybridized carbons (Fsp3) is 0.278. The van der Waals surface area contributed by atoms with Crippen molar-refractivity contribution in [2.75, 3.05) is 30.4 Å². The number of carbonyl (C=O) groups excluding carboxylic acids is 1. The van der Waals surface area contributed by atoms with Crippen LogP contribution >= 0.6 is 0 Å². The number of halogens is 1. The van der Waals surface area contributed by atoms with Crippen LogP contribution in [-0.2, 0) is 4.79 Å². The minimum absolute atomic E-state index is 0.0733. The van der Waals surface area contributed by atoms with E-state index in [9.17, 15) is 9.18 Å². The van der Waals surface area contributed by atoms with E-state index < -0.39 is 11.9 Å². The number of benzene rings is 2. The Morgan fingerprint density at radius 1 is 1.29 bits per heavy atom. The SMILES string of the molecule is CC(Oc1cccc(F)c1)C(=O)Nc1ccc(N(C)CCO)cc1. The van der Waals surface area contributed by atoms with Crippen molar-refractivity contribution in [1.29, 1.82) is 0 Å². The van der Waals surface area contributed by atoms with E-state index >= 15 is 0 Å². The van der Waals surface area contributed by atoms with Crippen molar-refractivity contribution in [3.63, 3.8) is 0 Å². The van der Waals surface area contributed by atoms with E-state index in [0.717, 1.165) is 5.69 Å². The molecule has 0 heterocycles. The smallest absolute Gasteiger partial charge is 0.265 e. The second kappa shape index (κ2) is 8.31. The number of nitrogens with one attached hydrogen (secondary N) is 1. The molecule has 0 fully saturated rings. The van der Waals surface area contributed by atoms with Gasteiger partial charge in [-0.1, -0.05) is 6.07 Å². The van der Waals surface area contributed by atoms with E-state index in [-0.39, 0.29) is 12.5 Å². The molecule has 128 valence electrons. The number of hydrogen-bond acceptors (Lipinski definition) is 4. The largest absolute Gasteiger partial charge is 0.481 e. The maximum Gasteiger partial charge on any atom is 0.265 e. The molecule has 2 aromatic carbocycles. The minimum atomic E-state index is -0.761. The number of rotatable bonds is 7. The fourth-order valence-corrected chi connectivity index (χ4v) is 2.12. The van der Waals surface area contributed by atoms with Crippen LogP contribution in [0.5, 0.6) is 5.75 Å². The van der Waals surface area contributed by atoms with Crippen molar-refractivity contribution >= 4 is 17.3 Å². The Hall–Kier alpha value is -2.60. The third kappa shape index (κ3) is 4.96. The lowest BCUT2D eigenvalue weighted by Gasteiger charge is -2.19. The number of aliphatic hydroxyl groups is 1. The molecule has 1 unspecified atom stereocenters. The van der Waals surface area contributed by atoms with Crippen molar-refractivity contribution < 1.29 is 19.0 Å². The molecule has 0 aliphatic rings. The molecular formula is C18H21FN2O3. The molecule has 2 rings (SSSR count). The number of aliphatic hydroxyl groups excluding tert-OH is 1. The normalized spacial score (nSPS) is 11.7. The van der Waals surface area contributed by atoms with Gasteiger partial charge in [0.25, 0.3) is 5.91 Å². The van der Waals surface area contributed by atoms with Crippen LogP contribution in [-0.4, -0.2) is 37.3 Å². The molecule has 0 aliphatic heterocycles. The van der Waals surface area contributed by atoms with E-state index in [2.05, 4.69) is 5.32 Å². The Balaban J connectivity index is 1.93. The van der Waals surface area contributed by atoms with Gasteiger partial charge in [0, 0.05) is 31.0 Å². The quantitative estimate of drug-likeness (QED) is 0.818. The van der Waals surface area contributed by atoms with Gasteiger partial charge < -0.3 is 20.1 Å². The van der Waals surface area contributed by atoms with E-state index in [1.165, 1.54) is 18.2 Å². The van der Waals surface area contributed by atoms with Crippen LogP contribution in [0.1, 0.15) is 6.92 Å². The molecule has 0 aliphatic carbocycles. The van der Waals surface area contributed by atoms with E-state index in [0.29, 0.717) is 18.0 Å². The third-order valence-corrected chi connectivity index (χ3v) is 3.49. The topological polar surface area (TPSA) is 61.8 Å². The van der Waals surface area contributed by atoms with E-state index in [1.54, 1.807) is 25.1 Å². The first-order valence-corrected chi connectivity index (χ1v) is 7.64. The Labute approximate surface area is 140 Å². The average Bonchev–Trinajstić information content (AvgIpc) is 2.55. The molecule has 2 N–H and O–H groups in total. The van der Waals surface area contributed by atoms with Crippen LogP contribution in [0.3, 0.4) is 0 Å². The van der Waals surface area contributed by atoms with Gasteiger partial charge in [0.05, 0.1) is 6.61 Å². The molecule has 0 aromatic heterocycles. The highest BCUT2D eigenvalue weighted by Crippen LogP contribution is 2.18. The van der Waals surface area contributed by atoms with Crippen LogP contribution in [0.4, 0.5) is 15.8 Å². The minimum Gasteiger partial charge on any atom is -0.481 e. The summed E-state index contributed by atoms with van der Waals surface area (Å²) in [7, 11) is 1.87. The van der Waals surface area contributed by atoms with Crippen molar-refractivity contribution in [3.05, 3.63) is 54.3 Å². The first-order chi connectivity index (χ1) is 11.5. The summed E-state index contributed by atoms with van der Waals surface area (Å²) in [6.07, 6.45) is -0.761. The second-order valence-electron chi connectivity index (χ2n) is 5.40. The van der Waals surface area contributed by atoms with Gasteiger partial charge in [-0.3, -0.25) is 4.79 Å². The number of likely N-dealkylation sites (N-methyl/N-ethyl adjacent to an activating group) is 1. The third-order valence-electron chi connectivity index (χ3n) is 3.49. The molecule has 0 saturated carbocycles. The van der Waals surface area contributed by atoms with Crippen molar-refractivity contribution in [1.82, 2.24) is 0 Å². The lowest BCUT2D eigenvalue weighted by atomic mass is 10.2. The Bertz CT molecular complexity index is 676. The summed E-state index contributed by atoms with van der Waals surface area (Å²) in [5.74, 6) is -0.433. The molecule has 0 bridgehead atoms. The maximum atomic E-state index is 13.1. The van der Waals surface area contributed by atoms with Gasteiger partial charge in [-0.2, -0.15) is 0 Å². The highest BCUT2D eigenvalue weighted by Gasteiger charge is 2.15. The molecular weight excluding hydrogens is 311 g/mol. The van der Waals surface area contributed by atoms with E-state index in [1.807, 2.05) is 24.1 Å². The summed E-state index contributed by atoms with van der Waals surface area (Å²) in [4.78, 5) is 14.1. The van der Waals surface area contributed by atoms with Gasteiger partial charge in [-0.25, -0.2) is 4.39 Å². The van der Waals surface area contributed by atoms with E-state index in [4.69, 9.17) is 9.84 Å². The van der Waals surface area contributed by atoms with Crippen LogP contribution in [0.2, 0.25) is 0 Å². The molecule has 0 spiro atoms. The van der Waals surface area contributed by atoms with Crippen molar-refractivity contribution in [3.8, 4) is 5.75 Å². The fourth-order valence-electron chi connectivity index (χ4n) is 2.12. The average molecular weight is 332 g/mol. The zero-order chi connectivity index (χ0) is 17.5. The Morgan fingerprint density at radius 2 is 2.00 bits per heavy atom. The van der Waals surface area contributed by atoms with Crippen LogP contribution in [0.15, 0.2) is 48.5 Å². The standard InChI is InChI=1S/C18H21FN2O3/c1-13(24-17-5-3-4-14(19)12-17)18(23)20-15-6-8-16(9-7-15)21(2)10-11-22/h3-9,12-13,22H,10-11H2,1-2H3,(H,20,23). The molecule has 5 nitrogen and oxygen atoms in total. The maximum absolute atomic E-state index is 13.1. The zero-order valence-electron chi connectivity index (χ0n) is 13.7. The summed E-state index contributed by atoms with van der Waals surface area (Å²) in [6, 6.07) is 12.9. The Morgan fingerprint density at radius 3 is 2.62 bits per heavy atom. The molecule has 0 saturated heterocycles. The lowest BCUT2D eigenvalue weighted by molar-refractivity contribution is -0.122. The second-order valence-corrected chi connectivity index (χ2v) is 5.40. The van der Waals surface area contributed by atoms with Crippen LogP contribution < -0.4 is 15.0 Å². The first kappa shape index (κ1) is 17.7. The van der Waals surface area contributed by atoms with Crippen LogP contribution in [0.25, 0.3) is 0 Å². The van der Waals surface area contributed by atoms with Crippen molar-refractivity contribution in [2.45, 2.75) is 13.0 Å². The molecule has 6 heteroatoms. The molecule has 24 heavy (non-hydrogen) atoms. The summed E-state index contributed by atoms with van der Waals surface area (Å²) in [5.41, 5.74) is 1.57. The number of hydrogen-bond donors (Lipinski definition) is 2. The van der Waals surface area contributed by atoms with Gasteiger partial charge in [-0.15, -0.1) is 0 Å². The number of nitrogens with zero attached hydrogens (tertiary/aromatic N) is 1. The summed E-state index contributed by atoms with van der Waals surface area (Å²) in [5, 5.41) is 11.7. The van der Waals surface area contributed by atoms with Crippen molar-refractivity contribution in [2.24, 2.45) is 0 Å². The highest BCUT2D eigenvalue weighted by atomic mass is 19.1. The number of amides is 1. The predicted molar refractivity (Wildman–Crippen MR) is 91.9 cm³/mol. The molecule has 0 radical (unpaired) electrons. The molecule has 2 aromatic rings. The first-order valence-electron chi connectivity index (χ1n) is 7.64. The molecule has 1 atom stereocenters. The summed E-state index contributed by atoms with van der Waals surface area (Å²) in [6.45, 7) is 2.21. The number of carbonyl (C=O) groups is 1. The summed E-state index contributed by atoms with van der Waals surface area (Å²) >= 11 is 0. The van der Waals surface area contributed by atoms with Gasteiger partial charge in [0.1, 0.15) is 11.6 Å². The predicted octanol–water partition coefficient (Wildman–Crippen LogP) is 2.66. The van der Waals surface area contributed by atoms with Crippen LogP contribution in [0, 0.1) is 5.82 Å². The zero-order valence-corrected chi connectivity index (χ0v) is 13.7. The highest BCUT2D eigenvalue weighted by molar-refractivity contribution is 5.94. The monoisotopic (exact) mass is 332 g/mol. The lowest BCUT2D eigenvalue weighted by Crippen LogP contribution is -2.30. The summed E-state index contributed by atoms with van der Waals surface area (Å²) < 4.78 is 18.6.